The highest BCUT2D eigenvalue weighted by atomic mass is 16.5. The lowest BCUT2D eigenvalue weighted by molar-refractivity contribution is -0.136. The van der Waals surface area contributed by atoms with Crippen molar-refractivity contribution in [2.45, 2.75) is 5.92 Å². The van der Waals surface area contributed by atoms with Crippen LogP contribution in [0.2, 0.25) is 0 Å². The molecule has 0 N–H and O–H groups in total. The van der Waals surface area contributed by atoms with Crippen LogP contribution in [0.15, 0.2) is 60.7 Å². The van der Waals surface area contributed by atoms with Crippen LogP contribution in [0.25, 0.3) is 11.1 Å². The first-order chi connectivity index (χ1) is 9.24. The van der Waals surface area contributed by atoms with Crippen molar-refractivity contribution in [1.29, 1.82) is 0 Å². The molecule has 0 spiro atoms. The lowest BCUT2D eigenvalue weighted by Crippen LogP contribution is -2.11. The fraction of sp³-hybridized carbons (Fsp3) is 0.118. The van der Waals surface area contributed by atoms with Gasteiger partial charge in [-0.3, -0.25) is 0 Å². The Morgan fingerprint density at radius 3 is 1.95 bits per heavy atom. The van der Waals surface area contributed by atoms with Gasteiger partial charge in [0, 0.05) is 11.5 Å². The Morgan fingerprint density at radius 2 is 1.47 bits per heavy atom. The van der Waals surface area contributed by atoms with Crippen LogP contribution in [0, 0.1) is 0 Å². The van der Waals surface area contributed by atoms with Gasteiger partial charge in [0.15, 0.2) is 0 Å². The summed E-state index contributed by atoms with van der Waals surface area (Å²) in [6.45, 7) is 3.93. The molecule has 0 saturated carbocycles. The molecule has 3 rings (SSSR count). The van der Waals surface area contributed by atoms with Crippen LogP contribution in [0.5, 0.6) is 0 Å². The molecule has 0 atom stereocenters. The summed E-state index contributed by atoms with van der Waals surface area (Å²) in [6.07, 6.45) is 0. The predicted octanol–water partition coefficient (Wildman–Crippen LogP) is 3.53. The summed E-state index contributed by atoms with van der Waals surface area (Å²) < 4.78 is 4.82. The monoisotopic (exact) mass is 250 g/mol. The Hall–Kier alpha value is -2.35. The van der Waals surface area contributed by atoms with Crippen molar-refractivity contribution in [3.63, 3.8) is 0 Å². The highest BCUT2D eigenvalue weighted by molar-refractivity contribution is 5.94. The van der Waals surface area contributed by atoms with E-state index >= 15 is 0 Å². The standard InChI is InChI=1S/C17H14O2/c1-11(17(18)19-2)16-14-9-5-3-7-12(14)13-8-4-6-10-15(13)16/h3-10,16H,1H2,2H3. The number of hydrogen-bond donors (Lipinski definition) is 0. The average Bonchev–Trinajstić information content (AvgIpc) is 2.80. The van der Waals surface area contributed by atoms with Crippen LogP contribution in [0.1, 0.15) is 17.0 Å². The van der Waals surface area contributed by atoms with E-state index in [9.17, 15) is 4.79 Å². The zero-order valence-corrected chi connectivity index (χ0v) is 10.7. The Bertz CT molecular complexity index is 625. The molecule has 94 valence electrons. The van der Waals surface area contributed by atoms with Crippen molar-refractivity contribution >= 4 is 5.97 Å². The molecule has 2 aromatic rings. The van der Waals surface area contributed by atoms with E-state index in [1.807, 2.05) is 36.4 Å². The predicted molar refractivity (Wildman–Crippen MR) is 74.9 cm³/mol. The lowest BCUT2D eigenvalue weighted by atomic mass is 9.90. The maximum Gasteiger partial charge on any atom is 0.334 e. The minimum atomic E-state index is -0.350. The van der Waals surface area contributed by atoms with Crippen LogP contribution in [0.3, 0.4) is 0 Å². The van der Waals surface area contributed by atoms with E-state index in [-0.39, 0.29) is 11.9 Å². The highest BCUT2D eigenvalue weighted by Gasteiger charge is 2.32. The molecule has 1 aliphatic rings. The second-order valence-corrected chi connectivity index (χ2v) is 4.62. The molecule has 0 unspecified atom stereocenters. The molecule has 0 bridgehead atoms. The van der Waals surface area contributed by atoms with Gasteiger partial charge < -0.3 is 4.74 Å². The molecule has 0 fully saturated rings. The summed E-state index contributed by atoms with van der Waals surface area (Å²) >= 11 is 0. The number of benzene rings is 2. The normalized spacial score (nSPS) is 12.7. The third-order valence-electron chi connectivity index (χ3n) is 3.63. The van der Waals surface area contributed by atoms with Crippen molar-refractivity contribution in [3.05, 3.63) is 71.8 Å². The van der Waals surface area contributed by atoms with E-state index < -0.39 is 0 Å². The second kappa shape index (κ2) is 4.39. The lowest BCUT2D eigenvalue weighted by Gasteiger charge is -2.14. The zero-order valence-electron chi connectivity index (χ0n) is 10.7. The third kappa shape index (κ3) is 1.68. The van der Waals surface area contributed by atoms with Gasteiger partial charge in [0.05, 0.1) is 7.11 Å². The smallest absolute Gasteiger partial charge is 0.334 e. The largest absolute Gasteiger partial charge is 0.466 e. The van der Waals surface area contributed by atoms with Gasteiger partial charge >= 0.3 is 5.97 Å². The number of carbonyl (C=O) groups excluding carboxylic acids is 1. The topological polar surface area (TPSA) is 26.3 Å². The van der Waals surface area contributed by atoms with Crippen molar-refractivity contribution < 1.29 is 9.53 Å². The number of carbonyl (C=O) groups is 1. The fourth-order valence-electron chi connectivity index (χ4n) is 2.78. The first-order valence-corrected chi connectivity index (χ1v) is 6.19. The van der Waals surface area contributed by atoms with Gasteiger partial charge in [-0.25, -0.2) is 4.79 Å². The summed E-state index contributed by atoms with van der Waals surface area (Å²) in [7, 11) is 1.39. The van der Waals surface area contributed by atoms with Gasteiger partial charge in [0.2, 0.25) is 0 Å². The summed E-state index contributed by atoms with van der Waals surface area (Å²) in [5.41, 5.74) is 5.08. The zero-order chi connectivity index (χ0) is 13.4. The molecule has 2 heteroatoms. The maximum absolute atomic E-state index is 11.8. The van der Waals surface area contributed by atoms with Crippen molar-refractivity contribution in [2.75, 3.05) is 7.11 Å². The third-order valence-corrected chi connectivity index (χ3v) is 3.63. The van der Waals surface area contributed by atoms with Gasteiger partial charge in [-0.05, 0) is 22.3 Å². The molecule has 0 aromatic heterocycles. The van der Waals surface area contributed by atoms with E-state index in [2.05, 4.69) is 18.7 Å². The molecular formula is C17H14O2. The summed E-state index contributed by atoms with van der Waals surface area (Å²) in [6, 6.07) is 16.3. The molecule has 0 saturated heterocycles. The molecule has 0 radical (unpaired) electrons. The number of rotatable bonds is 2. The molecule has 1 aliphatic carbocycles. The van der Waals surface area contributed by atoms with E-state index in [0.717, 1.165) is 11.1 Å². The molecule has 0 amide bonds. The van der Waals surface area contributed by atoms with Gasteiger partial charge in [0.25, 0.3) is 0 Å². The van der Waals surface area contributed by atoms with E-state index in [4.69, 9.17) is 4.74 Å². The summed E-state index contributed by atoms with van der Waals surface area (Å²) in [5, 5.41) is 0. The van der Waals surface area contributed by atoms with Gasteiger partial charge in [0.1, 0.15) is 0 Å². The van der Waals surface area contributed by atoms with Gasteiger partial charge in [-0.1, -0.05) is 55.1 Å². The van der Waals surface area contributed by atoms with E-state index in [0.29, 0.717) is 5.57 Å². The van der Waals surface area contributed by atoms with Crippen LogP contribution < -0.4 is 0 Å². The average molecular weight is 250 g/mol. The van der Waals surface area contributed by atoms with Crippen molar-refractivity contribution in [3.8, 4) is 11.1 Å². The minimum absolute atomic E-state index is 0.0974. The first kappa shape index (κ1) is 11.7. The number of methoxy groups -OCH3 is 1. The Labute approximate surface area is 112 Å². The summed E-state index contributed by atoms with van der Waals surface area (Å²) in [5.74, 6) is -0.448. The molecular weight excluding hydrogens is 236 g/mol. The highest BCUT2D eigenvalue weighted by Crippen LogP contribution is 2.47. The Morgan fingerprint density at radius 1 is 1.00 bits per heavy atom. The molecule has 19 heavy (non-hydrogen) atoms. The SMILES string of the molecule is C=C(C(=O)OC)C1c2ccccc2-c2ccccc21. The van der Waals surface area contributed by atoms with Crippen LogP contribution in [0.4, 0.5) is 0 Å². The van der Waals surface area contributed by atoms with Crippen molar-refractivity contribution in [2.24, 2.45) is 0 Å². The minimum Gasteiger partial charge on any atom is -0.466 e. The quantitative estimate of drug-likeness (QED) is 0.602. The van der Waals surface area contributed by atoms with Gasteiger partial charge in [-0.2, -0.15) is 0 Å². The van der Waals surface area contributed by atoms with Gasteiger partial charge in [-0.15, -0.1) is 0 Å². The number of hydrogen-bond acceptors (Lipinski definition) is 2. The second-order valence-electron chi connectivity index (χ2n) is 4.62. The maximum atomic E-state index is 11.8. The molecule has 2 nitrogen and oxygen atoms in total. The van der Waals surface area contributed by atoms with E-state index in [1.165, 1.54) is 18.2 Å². The molecule has 2 aromatic carbocycles. The number of esters is 1. The number of fused-ring (bicyclic) bond motifs is 3. The van der Waals surface area contributed by atoms with Crippen LogP contribution in [-0.2, 0) is 9.53 Å². The number of ether oxygens (including phenoxy) is 1. The molecule has 0 heterocycles. The van der Waals surface area contributed by atoms with Crippen LogP contribution >= 0.6 is 0 Å². The van der Waals surface area contributed by atoms with Crippen molar-refractivity contribution in [1.82, 2.24) is 0 Å². The van der Waals surface area contributed by atoms with E-state index in [1.54, 1.807) is 0 Å². The fourth-order valence-corrected chi connectivity index (χ4v) is 2.78. The Kier molecular flexibility index (Phi) is 2.71. The molecule has 0 aliphatic heterocycles. The van der Waals surface area contributed by atoms with Crippen LogP contribution in [-0.4, -0.2) is 13.1 Å². The first-order valence-electron chi connectivity index (χ1n) is 6.19. The summed E-state index contributed by atoms with van der Waals surface area (Å²) in [4.78, 5) is 11.8. The Balaban J connectivity index is 2.20.